The van der Waals surface area contributed by atoms with Gasteiger partial charge >= 0.3 is 0 Å². The highest BCUT2D eigenvalue weighted by Crippen LogP contribution is 2.35. The van der Waals surface area contributed by atoms with E-state index < -0.39 is 0 Å². The molecule has 0 radical (unpaired) electrons. The molecule has 22 heavy (non-hydrogen) atoms. The third kappa shape index (κ3) is 2.43. The minimum Gasteiger partial charge on any atom is -0.353 e. The standard InChI is InChI=1S/C16H18FN5/c1-11-19-3-2-16(20-11)21-9-14-5-15(10-21)22(14)8-12-4-13(17)7-18-6-12/h2-4,6-7,14-15H,5,8-10H2,1H3. The molecule has 114 valence electrons. The van der Waals surface area contributed by atoms with E-state index in [1.807, 2.05) is 19.2 Å². The van der Waals surface area contributed by atoms with Crippen molar-refractivity contribution in [1.29, 1.82) is 0 Å². The molecule has 0 spiro atoms. The third-order valence-electron chi connectivity index (χ3n) is 4.56. The van der Waals surface area contributed by atoms with E-state index in [4.69, 9.17) is 0 Å². The second-order valence-corrected chi connectivity index (χ2v) is 6.09. The summed E-state index contributed by atoms with van der Waals surface area (Å²) < 4.78 is 13.2. The van der Waals surface area contributed by atoms with Crippen molar-refractivity contribution in [2.75, 3.05) is 18.0 Å². The zero-order valence-corrected chi connectivity index (χ0v) is 12.5. The van der Waals surface area contributed by atoms with E-state index in [1.54, 1.807) is 12.3 Å². The first-order valence-electron chi connectivity index (χ1n) is 7.59. The van der Waals surface area contributed by atoms with Gasteiger partial charge in [-0.15, -0.1) is 0 Å². The lowest BCUT2D eigenvalue weighted by Gasteiger charge is -2.56. The molecule has 0 amide bonds. The number of pyridine rings is 1. The fourth-order valence-electron chi connectivity index (χ4n) is 3.51. The summed E-state index contributed by atoms with van der Waals surface area (Å²) in [6.45, 7) is 4.62. The number of rotatable bonds is 3. The van der Waals surface area contributed by atoms with Gasteiger partial charge in [-0.25, -0.2) is 14.4 Å². The topological polar surface area (TPSA) is 45.2 Å². The van der Waals surface area contributed by atoms with E-state index in [9.17, 15) is 4.39 Å². The van der Waals surface area contributed by atoms with Crippen molar-refractivity contribution < 1.29 is 4.39 Å². The molecule has 2 bridgehead atoms. The van der Waals surface area contributed by atoms with Gasteiger partial charge < -0.3 is 4.90 Å². The predicted octanol–water partition coefficient (Wildman–Crippen LogP) is 1.78. The number of nitrogens with zero attached hydrogens (tertiary/aromatic N) is 5. The van der Waals surface area contributed by atoms with Gasteiger partial charge in [0.2, 0.25) is 0 Å². The summed E-state index contributed by atoms with van der Waals surface area (Å²) in [4.78, 5) is 17.4. The Labute approximate surface area is 128 Å². The zero-order chi connectivity index (χ0) is 15.1. The molecule has 3 aliphatic rings. The lowest BCUT2D eigenvalue weighted by atomic mass is 9.87. The van der Waals surface area contributed by atoms with E-state index >= 15 is 0 Å². The molecule has 3 aliphatic heterocycles. The molecule has 6 heteroatoms. The Hall–Kier alpha value is -2.08. The molecule has 3 fully saturated rings. The molecule has 5 heterocycles. The van der Waals surface area contributed by atoms with E-state index in [0.717, 1.165) is 36.8 Å². The van der Waals surface area contributed by atoms with Crippen molar-refractivity contribution in [2.45, 2.75) is 32.0 Å². The predicted molar refractivity (Wildman–Crippen MR) is 80.9 cm³/mol. The highest BCUT2D eigenvalue weighted by molar-refractivity contribution is 5.40. The average molecular weight is 299 g/mol. The van der Waals surface area contributed by atoms with Crippen molar-refractivity contribution in [3.05, 3.63) is 47.9 Å². The van der Waals surface area contributed by atoms with Gasteiger partial charge in [-0.3, -0.25) is 9.88 Å². The number of hydrogen-bond acceptors (Lipinski definition) is 5. The SMILES string of the molecule is Cc1nccc(N2CC3CC(C2)N3Cc2cncc(F)c2)n1. The summed E-state index contributed by atoms with van der Waals surface area (Å²) in [6, 6.07) is 4.57. The summed E-state index contributed by atoms with van der Waals surface area (Å²) in [6.07, 6.45) is 6.03. The molecule has 3 saturated heterocycles. The van der Waals surface area contributed by atoms with E-state index in [1.165, 1.54) is 12.6 Å². The van der Waals surface area contributed by atoms with Crippen LogP contribution in [-0.4, -0.2) is 45.0 Å². The monoisotopic (exact) mass is 299 g/mol. The highest BCUT2D eigenvalue weighted by Gasteiger charge is 2.44. The van der Waals surface area contributed by atoms with Crippen LogP contribution in [0.3, 0.4) is 0 Å². The molecule has 2 unspecified atom stereocenters. The van der Waals surface area contributed by atoms with E-state index in [-0.39, 0.29) is 5.82 Å². The first-order chi connectivity index (χ1) is 10.7. The maximum atomic E-state index is 13.2. The van der Waals surface area contributed by atoms with Crippen molar-refractivity contribution in [2.24, 2.45) is 0 Å². The number of anilines is 1. The van der Waals surface area contributed by atoms with Crippen LogP contribution in [0.25, 0.3) is 0 Å². The number of aromatic nitrogens is 3. The Morgan fingerprint density at radius 1 is 1.27 bits per heavy atom. The maximum Gasteiger partial charge on any atom is 0.141 e. The van der Waals surface area contributed by atoms with Gasteiger partial charge in [0.25, 0.3) is 0 Å². The van der Waals surface area contributed by atoms with Gasteiger partial charge in [0.1, 0.15) is 17.5 Å². The Bertz CT molecular complexity index is 680. The molecule has 5 nitrogen and oxygen atoms in total. The van der Waals surface area contributed by atoms with Crippen molar-refractivity contribution in [3.8, 4) is 0 Å². The van der Waals surface area contributed by atoms with Crippen LogP contribution in [0.4, 0.5) is 10.2 Å². The van der Waals surface area contributed by atoms with Crippen molar-refractivity contribution >= 4 is 5.82 Å². The average Bonchev–Trinajstić information content (AvgIpc) is 2.53. The number of hydrogen-bond donors (Lipinski definition) is 0. The Morgan fingerprint density at radius 2 is 2.09 bits per heavy atom. The summed E-state index contributed by atoms with van der Waals surface area (Å²) in [5.41, 5.74) is 0.945. The molecule has 2 atom stereocenters. The number of aryl methyl sites for hydroxylation is 1. The first-order valence-corrected chi connectivity index (χ1v) is 7.59. The lowest BCUT2D eigenvalue weighted by molar-refractivity contribution is -0.00883. The van der Waals surface area contributed by atoms with Gasteiger partial charge in [-0.2, -0.15) is 0 Å². The van der Waals surface area contributed by atoms with Crippen molar-refractivity contribution in [3.63, 3.8) is 0 Å². The van der Waals surface area contributed by atoms with Crippen LogP contribution in [0.2, 0.25) is 0 Å². The third-order valence-corrected chi connectivity index (χ3v) is 4.56. The van der Waals surface area contributed by atoms with Crippen LogP contribution in [-0.2, 0) is 6.54 Å². The molecule has 0 aromatic carbocycles. The largest absolute Gasteiger partial charge is 0.353 e. The second-order valence-electron chi connectivity index (χ2n) is 6.09. The number of piperazine rings is 1. The molecule has 0 aliphatic carbocycles. The number of piperidine rings is 1. The summed E-state index contributed by atoms with van der Waals surface area (Å²) in [7, 11) is 0. The summed E-state index contributed by atoms with van der Waals surface area (Å²) in [5, 5.41) is 0. The molecule has 5 rings (SSSR count). The molecule has 2 aromatic heterocycles. The highest BCUT2D eigenvalue weighted by atomic mass is 19.1. The number of halogens is 1. The van der Waals surface area contributed by atoms with Gasteiger partial charge in [0.05, 0.1) is 6.20 Å². The van der Waals surface area contributed by atoms with Crippen LogP contribution in [0.15, 0.2) is 30.7 Å². The number of fused-ring (bicyclic) bond motifs is 2. The van der Waals surface area contributed by atoms with Crippen LogP contribution in [0.1, 0.15) is 17.8 Å². The maximum absolute atomic E-state index is 13.2. The molecule has 0 N–H and O–H groups in total. The van der Waals surface area contributed by atoms with E-state index in [0.29, 0.717) is 12.1 Å². The van der Waals surface area contributed by atoms with Crippen LogP contribution < -0.4 is 4.90 Å². The fourth-order valence-corrected chi connectivity index (χ4v) is 3.51. The van der Waals surface area contributed by atoms with Gasteiger partial charge in [0.15, 0.2) is 0 Å². The molecule has 0 saturated carbocycles. The quantitative estimate of drug-likeness (QED) is 0.864. The van der Waals surface area contributed by atoms with Crippen LogP contribution in [0, 0.1) is 12.7 Å². The summed E-state index contributed by atoms with van der Waals surface area (Å²) >= 11 is 0. The first kappa shape index (κ1) is 13.6. The fraction of sp³-hybridized carbons (Fsp3) is 0.438. The normalized spacial score (nSPS) is 24.2. The molecule has 2 aromatic rings. The Morgan fingerprint density at radius 3 is 2.82 bits per heavy atom. The zero-order valence-electron chi connectivity index (χ0n) is 12.5. The summed E-state index contributed by atoms with van der Waals surface area (Å²) in [5.74, 6) is 1.55. The Balaban J connectivity index is 1.44. The minimum atomic E-state index is -0.263. The smallest absolute Gasteiger partial charge is 0.141 e. The van der Waals surface area contributed by atoms with E-state index in [2.05, 4.69) is 24.8 Å². The van der Waals surface area contributed by atoms with Crippen molar-refractivity contribution in [1.82, 2.24) is 19.9 Å². The Kier molecular flexibility index (Phi) is 3.26. The lowest BCUT2D eigenvalue weighted by Crippen LogP contribution is -2.68. The van der Waals surface area contributed by atoms with Gasteiger partial charge in [-0.05, 0) is 31.0 Å². The second kappa shape index (κ2) is 5.28. The minimum absolute atomic E-state index is 0.263. The molecular formula is C16H18FN5. The van der Waals surface area contributed by atoms with Crippen LogP contribution >= 0.6 is 0 Å². The molecular weight excluding hydrogens is 281 g/mol. The van der Waals surface area contributed by atoms with Gasteiger partial charge in [0, 0.05) is 44.1 Å². The van der Waals surface area contributed by atoms with Crippen LogP contribution in [0.5, 0.6) is 0 Å². The van der Waals surface area contributed by atoms with Gasteiger partial charge in [-0.1, -0.05) is 0 Å².